The third-order valence-corrected chi connectivity index (χ3v) is 4.71. The van der Waals surface area contributed by atoms with Crippen LogP contribution in [0.2, 0.25) is 0 Å². The fraction of sp³-hybridized carbons (Fsp3) is 0.533. The number of alkyl halides is 3. The van der Waals surface area contributed by atoms with Gasteiger partial charge in [-0.3, -0.25) is 4.79 Å². The van der Waals surface area contributed by atoms with Gasteiger partial charge in [-0.05, 0) is 11.6 Å². The third-order valence-electron chi connectivity index (χ3n) is 3.58. The lowest BCUT2D eigenvalue weighted by Crippen LogP contribution is -2.41. The van der Waals surface area contributed by atoms with E-state index in [9.17, 15) is 18.0 Å². The van der Waals surface area contributed by atoms with Crippen LogP contribution in [0.3, 0.4) is 0 Å². The molecule has 22 heavy (non-hydrogen) atoms. The van der Waals surface area contributed by atoms with Crippen LogP contribution in [-0.2, 0) is 17.5 Å². The molecule has 1 atom stereocenters. The molecule has 1 unspecified atom stereocenters. The molecule has 0 bridgehead atoms. The van der Waals surface area contributed by atoms with Gasteiger partial charge in [0.25, 0.3) is 0 Å². The van der Waals surface area contributed by atoms with Gasteiger partial charge in [-0.1, -0.05) is 18.2 Å². The summed E-state index contributed by atoms with van der Waals surface area (Å²) in [6.45, 7) is 0.831. The Morgan fingerprint density at radius 1 is 1.41 bits per heavy atom. The van der Waals surface area contributed by atoms with Gasteiger partial charge in [-0.25, -0.2) is 0 Å². The summed E-state index contributed by atoms with van der Waals surface area (Å²) in [7, 11) is 1.55. The van der Waals surface area contributed by atoms with Crippen LogP contribution in [0.25, 0.3) is 0 Å². The Hall–Kier alpha value is -1.21. The van der Waals surface area contributed by atoms with E-state index in [1.807, 2.05) is 0 Å². The van der Waals surface area contributed by atoms with Gasteiger partial charge in [0.15, 0.2) is 0 Å². The first-order valence-corrected chi connectivity index (χ1v) is 8.23. The largest absolute Gasteiger partial charge is 0.416 e. The van der Waals surface area contributed by atoms with Gasteiger partial charge in [0, 0.05) is 44.1 Å². The van der Waals surface area contributed by atoms with E-state index in [-0.39, 0.29) is 24.1 Å². The molecular weight excluding hydrogens is 313 g/mol. The number of amides is 1. The predicted octanol–water partition coefficient (Wildman–Crippen LogP) is 2.76. The number of benzene rings is 1. The van der Waals surface area contributed by atoms with E-state index in [1.54, 1.807) is 24.9 Å². The van der Waals surface area contributed by atoms with Crippen LogP contribution in [-0.4, -0.2) is 41.9 Å². The highest BCUT2D eigenvalue weighted by Gasteiger charge is 2.33. The van der Waals surface area contributed by atoms with Crippen molar-refractivity contribution in [3.63, 3.8) is 0 Å². The second-order valence-electron chi connectivity index (χ2n) is 5.33. The molecule has 1 N–H and O–H groups in total. The number of nitrogens with zero attached hydrogens (tertiary/aromatic N) is 1. The molecule has 3 nitrogen and oxygen atoms in total. The van der Waals surface area contributed by atoms with Crippen molar-refractivity contribution in [2.75, 3.05) is 25.1 Å². The summed E-state index contributed by atoms with van der Waals surface area (Å²) in [6.07, 6.45) is -4.08. The minimum atomic E-state index is -4.40. The Morgan fingerprint density at radius 3 is 2.77 bits per heavy atom. The molecule has 0 radical (unpaired) electrons. The summed E-state index contributed by atoms with van der Waals surface area (Å²) >= 11 is 1.78. The van der Waals surface area contributed by atoms with E-state index in [0.717, 1.165) is 24.1 Å². The van der Waals surface area contributed by atoms with Gasteiger partial charge in [0.05, 0.1) is 5.56 Å². The number of carbonyl (C=O) groups is 1. The van der Waals surface area contributed by atoms with Crippen molar-refractivity contribution in [1.29, 1.82) is 0 Å². The number of hydrogen-bond donors (Lipinski definition) is 1. The number of rotatable bonds is 4. The molecule has 0 saturated carbocycles. The molecule has 0 aromatic heterocycles. The minimum Gasteiger partial charge on any atom is -0.341 e. The zero-order valence-corrected chi connectivity index (χ0v) is 13.1. The number of halogens is 3. The molecule has 1 aromatic rings. The van der Waals surface area contributed by atoms with Crippen molar-refractivity contribution < 1.29 is 18.0 Å². The minimum absolute atomic E-state index is 0.0334. The Bertz CT molecular complexity index is 516. The summed E-state index contributed by atoms with van der Waals surface area (Å²) in [5.41, 5.74) is -0.558. The van der Waals surface area contributed by atoms with Crippen molar-refractivity contribution in [2.45, 2.75) is 25.2 Å². The maximum Gasteiger partial charge on any atom is 0.416 e. The quantitative estimate of drug-likeness (QED) is 0.920. The molecular formula is C15H19F3N2OS. The summed E-state index contributed by atoms with van der Waals surface area (Å²) in [5.74, 6) is 1.75. The van der Waals surface area contributed by atoms with Gasteiger partial charge < -0.3 is 10.2 Å². The molecule has 0 spiro atoms. The Labute approximate surface area is 132 Å². The number of carbonyl (C=O) groups excluding carboxylic acids is 1. The van der Waals surface area contributed by atoms with Crippen LogP contribution in [0.1, 0.15) is 17.5 Å². The normalized spacial score (nSPS) is 19.0. The highest BCUT2D eigenvalue weighted by atomic mass is 32.2. The van der Waals surface area contributed by atoms with Crippen molar-refractivity contribution in [3.8, 4) is 0 Å². The third kappa shape index (κ3) is 4.64. The summed E-state index contributed by atoms with van der Waals surface area (Å²) in [5, 5.41) is 3.26. The molecule has 7 heteroatoms. The molecule has 2 rings (SSSR count). The Kier molecular flexibility index (Phi) is 5.74. The molecule has 1 saturated heterocycles. The van der Waals surface area contributed by atoms with Gasteiger partial charge in [-0.2, -0.15) is 24.9 Å². The van der Waals surface area contributed by atoms with Crippen LogP contribution < -0.4 is 5.32 Å². The smallest absolute Gasteiger partial charge is 0.341 e. The maximum atomic E-state index is 13.0. The van der Waals surface area contributed by atoms with Crippen LogP contribution >= 0.6 is 11.8 Å². The van der Waals surface area contributed by atoms with Crippen molar-refractivity contribution in [1.82, 2.24) is 10.2 Å². The zero-order valence-electron chi connectivity index (χ0n) is 12.3. The predicted molar refractivity (Wildman–Crippen MR) is 81.7 cm³/mol. The first-order valence-electron chi connectivity index (χ1n) is 7.08. The fourth-order valence-electron chi connectivity index (χ4n) is 2.40. The first kappa shape index (κ1) is 17.1. The molecule has 0 aliphatic carbocycles. The maximum absolute atomic E-state index is 13.0. The van der Waals surface area contributed by atoms with Gasteiger partial charge in [0.1, 0.15) is 0 Å². The van der Waals surface area contributed by atoms with E-state index >= 15 is 0 Å². The molecule has 1 aromatic carbocycles. The molecule has 122 valence electrons. The molecule has 1 aliphatic heterocycles. The monoisotopic (exact) mass is 332 g/mol. The van der Waals surface area contributed by atoms with Crippen LogP contribution in [0.5, 0.6) is 0 Å². The van der Waals surface area contributed by atoms with E-state index in [0.29, 0.717) is 6.42 Å². The van der Waals surface area contributed by atoms with Gasteiger partial charge in [-0.15, -0.1) is 0 Å². The van der Waals surface area contributed by atoms with Gasteiger partial charge in [0.2, 0.25) is 5.91 Å². The zero-order chi connectivity index (χ0) is 16.2. The van der Waals surface area contributed by atoms with E-state index in [1.165, 1.54) is 17.0 Å². The summed E-state index contributed by atoms with van der Waals surface area (Å²) < 4.78 is 38.9. The van der Waals surface area contributed by atoms with Crippen molar-refractivity contribution in [3.05, 3.63) is 35.4 Å². The van der Waals surface area contributed by atoms with Crippen molar-refractivity contribution in [2.24, 2.45) is 0 Å². The second-order valence-corrected chi connectivity index (χ2v) is 6.48. The molecule has 1 fully saturated rings. The van der Waals surface area contributed by atoms with Gasteiger partial charge >= 0.3 is 6.18 Å². The Balaban J connectivity index is 1.99. The average molecular weight is 332 g/mol. The summed E-state index contributed by atoms with van der Waals surface area (Å²) in [6, 6.07) is 5.49. The highest BCUT2D eigenvalue weighted by molar-refractivity contribution is 7.99. The number of hydrogen-bond acceptors (Lipinski definition) is 3. The molecule has 1 aliphatic rings. The highest BCUT2D eigenvalue weighted by Crippen LogP contribution is 2.32. The lowest BCUT2D eigenvalue weighted by molar-refractivity contribution is -0.139. The standard InChI is InChI=1S/C15H19F3N2OS/c1-20(14(21)8-12-10-22-7-6-19-12)9-11-4-2-3-5-13(11)15(16,17)18/h2-5,12,19H,6-10H2,1H3. The lowest BCUT2D eigenvalue weighted by atomic mass is 10.1. The van der Waals surface area contributed by atoms with E-state index in [4.69, 9.17) is 0 Å². The van der Waals surface area contributed by atoms with Crippen molar-refractivity contribution >= 4 is 17.7 Å². The lowest BCUT2D eigenvalue weighted by Gasteiger charge is -2.26. The number of nitrogens with one attached hydrogen (secondary N) is 1. The topological polar surface area (TPSA) is 32.3 Å². The van der Waals surface area contributed by atoms with E-state index < -0.39 is 11.7 Å². The molecule has 1 amide bonds. The van der Waals surface area contributed by atoms with Crippen LogP contribution in [0.15, 0.2) is 24.3 Å². The van der Waals surface area contributed by atoms with Crippen LogP contribution in [0, 0.1) is 0 Å². The fourth-order valence-corrected chi connectivity index (χ4v) is 3.34. The SMILES string of the molecule is CN(Cc1ccccc1C(F)(F)F)C(=O)CC1CSCCN1. The van der Waals surface area contributed by atoms with Crippen LogP contribution in [0.4, 0.5) is 13.2 Å². The summed E-state index contributed by atoms with van der Waals surface area (Å²) in [4.78, 5) is 13.5. The second kappa shape index (κ2) is 7.37. The number of thioether (sulfide) groups is 1. The average Bonchev–Trinajstić information content (AvgIpc) is 2.47. The molecule has 1 heterocycles. The first-order chi connectivity index (χ1) is 10.4. The van der Waals surface area contributed by atoms with E-state index in [2.05, 4.69) is 5.32 Å². The Morgan fingerprint density at radius 2 is 2.14 bits per heavy atom.